The molecule has 1 saturated carbocycles. The third kappa shape index (κ3) is 3.76. The minimum absolute atomic E-state index is 0.0215. The highest BCUT2D eigenvalue weighted by atomic mass is 16.5. The third-order valence-corrected chi connectivity index (χ3v) is 4.44. The molecule has 1 fully saturated rings. The lowest BCUT2D eigenvalue weighted by Gasteiger charge is -2.08. The molecule has 0 radical (unpaired) electrons. The summed E-state index contributed by atoms with van der Waals surface area (Å²) in [6, 6.07) is 13.7. The molecule has 0 atom stereocenters. The van der Waals surface area contributed by atoms with Gasteiger partial charge in [0.05, 0.1) is 17.6 Å². The molecule has 4 rings (SSSR count). The van der Waals surface area contributed by atoms with Gasteiger partial charge in [0.1, 0.15) is 6.61 Å². The topological polar surface area (TPSA) is 90.5 Å². The van der Waals surface area contributed by atoms with Gasteiger partial charge in [-0.2, -0.15) is 0 Å². The summed E-state index contributed by atoms with van der Waals surface area (Å²) in [6.45, 7) is 0.223. The number of benzene rings is 2. The highest BCUT2D eigenvalue weighted by molar-refractivity contribution is 5.96. The van der Waals surface area contributed by atoms with Crippen molar-refractivity contribution in [1.29, 1.82) is 0 Å². The van der Waals surface area contributed by atoms with E-state index < -0.39 is 11.7 Å². The first kappa shape index (κ1) is 17.1. The van der Waals surface area contributed by atoms with Gasteiger partial charge in [0, 0.05) is 11.6 Å². The molecular weight excluding hydrogens is 348 g/mol. The van der Waals surface area contributed by atoms with Gasteiger partial charge in [-0.15, -0.1) is 0 Å². The molecule has 1 amide bonds. The van der Waals surface area contributed by atoms with Gasteiger partial charge in [-0.1, -0.05) is 18.2 Å². The van der Waals surface area contributed by atoms with Gasteiger partial charge in [-0.05, 0) is 43.2 Å². The number of amides is 1. The quantitative estimate of drug-likeness (QED) is 0.678. The van der Waals surface area contributed by atoms with Crippen LogP contribution in [0, 0.1) is 5.92 Å². The molecule has 1 heterocycles. The van der Waals surface area contributed by atoms with Gasteiger partial charge in [0.15, 0.2) is 5.58 Å². The van der Waals surface area contributed by atoms with Crippen LogP contribution in [-0.2, 0) is 16.1 Å². The van der Waals surface area contributed by atoms with Crippen LogP contribution < -0.4 is 11.1 Å². The lowest BCUT2D eigenvalue weighted by molar-refractivity contribution is -0.117. The maximum atomic E-state index is 12.3. The van der Waals surface area contributed by atoms with Crippen LogP contribution in [0.25, 0.3) is 11.1 Å². The molecule has 0 spiro atoms. The maximum Gasteiger partial charge on any atom is 0.420 e. The van der Waals surface area contributed by atoms with Crippen LogP contribution in [0.15, 0.2) is 57.7 Å². The fraction of sp³-hybridized carbons (Fsp3) is 0.250. The number of para-hydroxylation sites is 2. The number of hydrogen-bond acceptors (Lipinski definition) is 5. The molecule has 2 aromatic carbocycles. The Balaban J connectivity index is 1.38. The Bertz CT molecular complexity index is 1060. The van der Waals surface area contributed by atoms with E-state index in [0.29, 0.717) is 22.4 Å². The van der Waals surface area contributed by atoms with E-state index >= 15 is 0 Å². The number of oxazole rings is 1. The summed E-state index contributed by atoms with van der Waals surface area (Å²) in [5, 5.41) is 2.80. The van der Waals surface area contributed by atoms with Gasteiger partial charge in [-0.3, -0.25) is 9.36 Å². The summed E-state index contributed by atoms with van der Waals surface area (Å²) >= 11 is 0. The van der Waals surface area contributed by atoms with E-state index in [1.807, 2.05) is 0 Å². The number of nitrogens with one attached hydrogen (secondary N) is 1. The Morgan fingerprint density at radius 2 is 1.96 bits per heavy atom. The summed E-state index contributed by atoms with van der Waals surface area (Å²) in [4.78, 5) is 36.0. The number of anilines is 1. The minimum atomic E-state index is -0.515. The average molecular weight is 366 g/mol. The predicted octanol–water partition coefficient (Wildman–Crippen LogP) is 2.80. The molecule has 1 aliphatic carbocycles. The number of esters is 1. The maximum absolute atomic E-state index is 12.3. The summed E-state index contributed by atoms with van der Waals surface area (Å²) in [5.74, 6) is -0.939. The van der Waals surface area contributed by atoms with Crippen molar-refractivity contribution in [2.75, 3.05) is 11.9 Å². The van der Waals surface area contributed by atoms with Crippen LogP contribution >= 0.6 is 0 Å². The average Bonchev–Trinajstić information content (AvgIpc) is 3.47. The molecule has 0 unspecified atom stereocenters. The molecule has 1 aliphatic rings. The summed E-state index contributed by atoms with van der Waals surface area (Å²) in [7, 11) is 0. The van der Waals surface area contributed by atoms with E-state index in [0.717, 1.165) is 12.8 Å². The van der Waals surface area contributed by atoms with Gasteiger partial charge >= 0.3 is 11.7 Å². The van der Waals surface area contributed by atoms with Crippen LogP contribution in [0.5, 0.6) is 0 Å². The summed E-state index contributed by atoms with van der Waals surface area (Å²) in [5.41, 5.74) is 2.06. The van der Waals surface area contributed by atoms with Crippen LogP contribution in [0.3, 0.4) is 0 Å². The zero-order valence-corrected chi connectivity index (χ0v) is 14.5. The molecule has 1 N–H and O–H groups in total. The van der Waals surface area contributed by atoms with Gasteiger partial charge in [-0.25, -0.2) is 9.59 Å². The predicted molar refractivity (Wildman–Crippen MR) is 98.6 cm³/mol. The van der Waals surface area contributed by atoms with Crippen molar-refractivity contribution in [3.05, 3.63) is 64.6 Å². The van der Waals surface area contributed by atoms with Crippen molar-refractivity contribution in [1.82, 2.24) is 4.57 Å². The second kappa shape index (κ2) is 7.11. The summed E-state index contributed by atoms with van der Waals surface area (Å²) in [6.07, 6.45) is 1.82. The molecule has 0 aliphatic heterocycles. The first-order valence-electron chi connectivity index (χ1n) is 8.78. The van der Waals surface area contributed by atoms with Crippen LogP contribution in [-0.4, -0.2) is 23.1 Å². The molecule has 3 aromatic rings. The van der Waals surface area contributed by atoms with E-state index in [4.69, 9.17) is 9.15 Å². The fourth-order valence-corrected chi connectivity index (χ4v) is 2.85. The van der Waals surface area contributed by atoms with Crippen molar-refractivity contribution in [3.63, 3.8) is 0 Å². The molecule has 138 valence electrons. The van der Waals surface area contributed by atoms with E-state index in [2.05, 4.69) is 5.32 Å². The Hall–Kier alpha value is -3.35. The fourth-order valence-electron chi connectivity index (χ4n) is 2.85. The van der Waals surface area contributed by atoms with Crippen molar-refractivity contribution in [3.8, 4) is 0 Å². The number of carbonyl (C=O) groups excluding carboxylic acids is 2. The molecule has 1 aromatic heterocycles. The van der Waals surface area contributed by atoms with E-state index in [1.54, 1.807) is 48.5 Å². The van der Waals surface area contributed by atoms with Gasteiger partial charge < -0.3 is 14.5 Å². The molecule has 7 heteroatoms. The number of fused-ring (bicyclic) bond motifs is 1. The minimum Gasteiger partial charge on any atom is -0.460 e. The third-order valence-electron chi connectivity index (χ3n) is 4.44. The number of ether oxygens (including phenoxy) is 1. The summed E-state index contributed by atoms with van der Waals surface area (Å²) < 4.78 is 11.8. The smallest absolute Gasteiger partial charge is 0.420 e. The number of aromatic nitrogens is 1. The lowest BCUT2D eigenvalue weighted by Crippen LogP contribution is -2.19. The van der Waals surface area contributed by atoms with Crippen LogP contribution in [0.2, 0.25) is 0 Å². The zero-order valence-electron chi connectivity index (χ0n) is 14.5. The Morgan fingerprint density at radius 3 is 2.78 bits per heavy atom. The van der Waals surface area contributed by atoms with E-state index in [-0.39, 0.29) is 25.0 Å². The largest absolute Gasteiger partial charge is 0.460 e. The molecule has 7 nitrogen and oxygen atoms in total. The van der Waals surface area contributed by atoms with E-state index in [1.165, 1.54) is 4.57 Å². The van der Waals surface area contributed by atoms with Crippen molar-refractivity contribution < 1.29 is 18.7 Å². The van der Waals surface area contributed by atoms with Crippen molar-refractivity contribution >= 4 is 28.7 Å². The normalized spacial score (nSPS) is 13.5. The van der Waals surface area contributed by atoms with Crippen LogP contribution in [0.4, 0.5) is 5.69 Å². The SMILES string of the molecule is O=C(OCCn1c(=O)oc2ccccc21)c1cccc(NC(=O)C2CC2)c1. The first-order valence-corrected chi connectivity index (χ1v) is 8.78. The van der Waals surface area contributed by atoms with Gasteiger partial charge in [0.2, 0.25) is 5.91 Å². The lowest BCUT2D eigenvalue weighted by atomic mass is 10.2. The Kier molecular flexibility index (Phi) is 4.50. The number of carbonyl (C=O) groups is 2. The van der Waals surface area contributed by atoms with Crippen LogP contribution in [0.1, 0.15) is 23.2 Å². The van der Waals surface area contributed by atoms with Crippen molar-refractivity contribution in [2.45, 2.75) is 19.4 Å². The highest BCUT2D eigenvalue weighted by Gasteiger charge is 2.29. The van der Waals surface area contributed by atoms with Crippen molar-refractivity contribution in [2.24, 2.45) is 5.92 Å². The second-order valence-electron chi connectivity index (χ2n) is 6.47. The monoisotopic (exact) mass is 366 g/mol. The Morgan fingerprint density at radius 1 is 1.15 bits per heavy atom. The molecular formula is C20H18N2O5. The zero-order chi connectivity index (χ0) is 18.8. The van der Waals surface area contributed by atoms with E-state index in [9.17, 15) is 14.4 Å². The van der Waals surface area contributed by atoms with Gasteiger partial charge in [0.25, 0.3) is 0 Å². The molecule has 27 heavy (non-hydrogen) atoms. The Labute approximate surface area is 154 Å². The second-order valence-corrected chi connectivity index (χ2v) is 6.47. The number of hydrogen-bond donors (Lipinski definition) is 1. The highest BCUT2D eigenvalue weighted by Crippen LogP contribution is 2.30. The number of nitrogens with zero attached hydrogens (tertiary/aromatic N) is 1. The molecule has 0 saturated heterocycles. The standard InChI is InChI=1S/C20H18N2O5/c23-18(13-8-9-13)21-15-5-3-4-14(12-15)19(24)26-11-10-22-16-6-1-2-7-17(16)27-20(22)25/h1-7,12-13H,8-11H2,(H,21,23). The number of rotatable bonds is 6. The first-order chi connectivity index (χ1) is 13.1. The molecule has 0 bridgehead atoms.